The molecule has 1 aromatic rings. The van der Waals surface area contributed by atoms with Gasteiger partial charge in [0.1, 0.15) is 0 Å². The van der Waals surface area contributed by atoms with E-state index >= 15 is 0 Å². The van der Waals surface area contributed by atoms with Crippen LogP contribution < -0.4 is 10.0 Å². The number of aryl methyl sites for hydroxylation is 2. The molecule has 0 aromatic heterocycles. The number of rotatable bonds is 6. The molecule has 1 heterocycles. The van der Waals surface area contributed by atoms with Crippen LogP contribution in [0.25, 0.3) is 0 Å². The highest BCUT2D eigenvalue weighted by molar-refractivity contribution is 7.92. The molecule has 4 aliphatic rings. The van der Waals surface area contributed by atoms with Crippen molar-refractivity contribution in [1.29, 1.82) is 0 Å². The predicted molar refractivity (Wildman–Crippen MR) is 123 cm³/mol. The highest BCUT2D eigenvalue weighted by atomic mass is 32.2. The van der Waals surface area contributed by atoms with Crippen molar-refractivity contribution in [3.8, 4) is 0 Å². The van der Waals surface area contributed by atoms with E-state index in [0.717, 1.165) is 76.1 Å². The quantitative estimate of drug-likeness (QED) is 0.699. The number of nitrogens with one attached hydrogen (secondary N) is 2. The number of nitrogens with zero attached hydrogens (tertiary/aromatic N) is 1. The molecule has 1 saturated heterocycles. The van der Waals surface area contributed by atoms with Crippen LogP contribution in [0.5, 0.6) is 0 Å². The Morgan fingerprint density at radius 2 is 1.81 bits per heavy atom. The number of fused-ring (bicyclic) bond motifs is 2. The number of carbonyl (C=O) groups excluding carboxylic acids is 1. The Balaban J connectivity index is 1.28. The summed E-state index contributed by atoms with van der Waals surface area (Å²) in [7, 11) is -3.86. The fourth-order valence-corrected chi connectivity index (χ4v) is 6.50. The molecule has 31 heavy (non-hydrogen) atoms. The van der Waals surface area contributed by atoms with Gasteiger partial charge in [0.15, 0.2) is 0 Å². The minimum atomic E-state index is -3.86. The first-order valence-corrected chi connectivity index (χ1v) is 13.3. The zero-order chi connectivity index (χ0) is 21.6. The van der Waals surface area contributed by atoms with Gasteiger partial charge in [-0.15, -0.1) is 0 Å². The smallest absolute Gasteiger partial charge is 0.307 e. The Hall–Kier alpha value is -1.86. The number of amides is 2. The molecule has 3 aliphatic carbocycles. The first kappa shape index (κ1) is 21.0. The molecule has 7 heteroatoms. The summed E-state index contributed by atoms with van der Waals surface area (Å²) in [4.78, 5) is 15.1. The molecule has 2 N–H and O–H groups in total. The summed E-state index contributed by atoms with van der Waals surface area (Å²) in [5, 5.41) is 4.10. The molecule has 0 bridgehead atoms. The van der Waals surface area contributed by atoms with Gasteiger partial charge in [-0.2, -0.15) is 0 Å². The number of carbonyl (C=O) groups is 1. The lowest BCUT2D eigenvalue weighted by Gasteiger charge is -2.32. The molecule has 1 aliphatic heterocycles. The van der Waals surface area contributed by atoms with E-state index in [0.29, 0.717) is 0 Å². The second kappa shape index (κ2) is 7.93. The van der Waals surface area contributed by atoms with Gasteiger partial charge in [0.25, 0.3) is 10.0 Å². The molecule has 1 aromatic carbocycles. The molecule has 168 valence electrons. The van der Waals surface area contributed by atoms with Crippen molar-refractivity contribution in [2.24, 2.45) is 5.92 Å². The summed E-state index contributed by atoms with van der Waals surface area (Å²) in [6.45, 7) is 4.15. The number of urea groups is 1. The van der Waals surface area contributed by atoms with Crippen LogP contribution in [0, 0.1) is 5.92 Å². The standard InChI is InChI=1S/C24H33N3O3S/c1-24(11-4-13-27(24)16-17-9-10-17)12-14-31(29,30)26-23(28)25-22-20-7-2-5-18(20)15-19-6-3-8-21(19)22/h12,14-15,17H,2-11,13,16H2,1H3,(H2,25,26,28)/b14-12+/t24-/m1/s1. The number of benzene rings is 1. The molecule has 1 atom stereocenters. The van der Waals surface area contributed by atoms with Crippen molar-refractivity contribution in [2.45, 2.75) is 76.7 Å². The lowest BCUT2D eigenvalue weighted by atomic mass is 9.99. The van der Waals surface area contributed by atoms with E-state index in [9.17, 15) is 13.2 Å². The summed E-state index contributed by atoms with van der Waals surface area (Å²) in [6.07, 6.45) is 12.5. The lowest BCUT2D eigenvalue weighted by Crippen LogP contribution is -2.41. The van der Waals surface area contributed by atoms with Crippen molar-refractivity contribution in [2.75, 3.05) is 18.4 Å². The highest BCUT2D eigenvalue weighted by Gasteiger charge is 2.38. The molecule has 0 spiro atoms. The van der Waals surface area contributed by atoms with Gasteiger partial charge in [-0.25, -0.2) is 17.9 Å². The maximum Gasteiger partial charge on any atom is 0.333 e. The first-order valence-electron chi connectivity index (χ1n) is 11.8. The van der Waals surface area contributed by atoms with Gasteiger partial charge in [0.2, 0.25) is 0 Å². The van der Waals surface area contributed by atoms with Gasteiger partial charge in [-0.3, -0.25) is 4.90 Å². The largest absolute Gasteiger partial charge is 0.333 e. The van der Waals surface area contributed by atoms with Crippen LogP contribution in [0.2, 0.25) is 0 Å². The minimum absolute atomic E-state index is 0.255. The zero-order valence-corrected chi connectivity index (χ0v) is 19.2. The number of anilines is 1. The van der Waals surface area contributed by atoms with Gasteiger partial charge in [0.05, 0.1) is 0 Å². The van der Waals surface area contributed by atoms with E-state index < -0.39 is 16.1 Å². The number of sulfonamides is 1. The number of hydrogen-bond acceptors (Lipinski definition) is 4. The average molecular weight is 444 g/mol. The van der Waals surface area contributed by atoms with E-state index in [1.165, 1.54) is 40.5 Å². The molecule has 6 nitrogen and oxygen atoms in total. The third kappa shape index (κ3) is 4.40. The first-order chi connectivity index (χ1) is 14.8. The Morgan fingerprint density at radius 3 is 2.45 bits per heavy atom. The maximum absolute atomic E-state index is 12.7. The van der Waals surface area contributed by atoms with E-state index in [1.54, 1.807) is 6.08 Å². The second-order valence-electron chi connectivity index (χ2n) is 9.99. The van der Waals surface area contributed by atoms with Crippen molar-refractivity contribution in [3.05, 3.63) is 39.8 Å². The van der Waals surface area contributed by atoms with Crippen molar-refractivity contribution >= 4 is 21.7 Å². The highest BCUT2D eigenvalue weighted by Crippen LogP contribution is 2.39. The summed E-state index contributed by atoms with van der Waals surface area (Å²) >= 11 is 0. The number of hydrogen-bond donors (Lipinski definition) is 2. The SMILES string of the molecule is C[C@]1(/C=C/S(=O)(=O)NC(=O)Nc2c3c(cc4c2CCC4)CCC3)CCCN1CC1CC1. The van der Waals surface area contributed by atoms with E-state index in [-0.39, 0.29) is 5.54 Å². The summed E-state index contributed by atoms with van der Waals surface area (Å²) in [5.74, 6) is 0.765. The van der Waals surface area contributed by atoms with Crippen LogP contribution in [-0.2, 0) is 35.7 Å². The Labute approximate surface area is 185 Å². The molecular weight excluding hydrogens is 410 g/mol. The fraction of sp³-hybridized carbons (Fsp3) is 0.625. The third-order valence-corrected chi connectivity index (χ3v) is 8.53. The molecule has 0 radical (unpaired) electrons. The topological polar surface area (TPSA) is 78.5 Å². The summed E-state index contributed by atoms with van der Waals surface area (Å²) < 4.78 is 27.5. The van der Waals surface area contributed by atoms with Crippen LogP contribution in [-0.4, -0.2) is 38.0 Å². The summed E-state index contributed by atoms with van der Waals surface area (Å²) in [6, 6.07) is 1.63. The second-order valence-corrected chi connectivity index (χ2v) is 11.6. The van der Waals surface area contributed by atoms with Crippen molar-refractivity contribution in [1.82, 2.24) is 9.62 Å². The van der Waals surface area contributed by atoms with Crippen LogP contribution in [0.4, 0.5) is 10.5 Å². The maximum atomic E-state index is 12.7. The molecule has 2 fully saturated rings. The van der Waals surface area contributed by atoms with E-state index in [4.69, 9.17) is 0 Å². The van der Waals surface area contributed by atoms with Crippen molar-refractivity contribution < 1.29 is 13.2 Å². The van der Waals surface area contributed by atoms with Crippen LogP contribution in [0.3, 0.4) is 0 Å². The molecular formula is C24H33N3O3S. The molecule has 0 unspecified atom stereocenters. The van der Waals surface area contributed by atoms with Gasteiger partial charge >= 0.3 is 6.03 Å². The third-order valence-electron chi connectivity index (χ3n) is 7.56. The summed E-state index contributed by atoms with van der Waals surface area (Å²) in [5.41, 5.74) is 5.61. The van der Waals surface area contributed by atoms with Gasteiger partial charge in [-0.1, -0.05) is 12.1 Å². The minimum Gasteiger partial charge on any atom is -0.307 e. The molecule has 2 amide bonds. The van der Waals surface area contributed by atoms with Crippen molar-refractivity contribution in [3.63, 3.8) is 0 Å². The van der Waals surface area contributed by atoms with Gasteiger partial charge in [0, 0.05) is 23.2 Å². The average Bonchev–Trinajstić information content (AvgIpc) is 3.08. The van der Waals surface area contributed by atoms with Gasteiger partial charge < -0.3 is 5.32 Å². The monoisotopic (exact) mass is 443 g/mol. The van der Waals surface area contributed by atoms with Crippen LogP contribution >= 0.6 is 0 Å². The lowest BCUT2D eigenvalue weighted by molar-refractivity contribution is 0.195. The fourth-order valence-electron chi connectivity index (χ4n) is 5.65. The van der Waals surface area contributed by atoms with Crippen LogP contribution in [0.1, 0.15) is 67.7 Å². The van der Waals surface area contributed by atoms with Crippen LogP contribution in [0.15, 0.2) is 17.6 Å². The molecule has 1 saturated carbocycles. The Kier molecular flexibility index (Phi) is 5.37. The normalized spacial score (nSPS) is 25.7. The van der Waals surface area contributed by atoms with E-state index in [1.807, 2.05) is 0 Å². The van der Waals surface area contributed by atoms with Gasteiger partial charge in [-0.05, 0) is 106 Å². The Bertz CT molecular complexity index is 997. The molecule has 5 rings (SSSR count). The Morgan fingerprint density at radius 1 is 1.13 bits per heavy atom. The number of likely N-dealkylation sites (tertiary alicyclic amines) is 1. The predicted octanol–water partition coefficient (Wildman–Crippen LogP) is 3.89. The zero-order valence-electron chi connectivity index (χ0n) is 18.4. The van der Waals surface area contributed by atoms with E-state index in [2.05, 4.69) is 27.9 Å².